The van der Waals surface area contributed by atoms with Crippen molar-refractivity contribution < 1.29 is 13.2 Å². The van der Waals surface area contributed by atoms with Crippen LogP contribution in [0.4, 0.5) is 13.2 Å². The molecule has 88 valence electrons. The van der Waals surface area contributed by atoms with E-state index in [0.717, 1.165) is 6.07 Å². The molecule has 0 aliphatic carbocycles. The SMILES string of the molecule is FC(F)(F)c1cc(=S)nc(-c2cccnc2)[nH]1. The van der Waals surface area contributed by atoms with Crippen LogP contribution in [0.15, 0.2) is 30.6 Å². The van der Waals surface area contributed by atoms with Gasteiger partial charge in [0.2, 0.25) is 0 Å². The molecule has 0 bridgehead atoms. The molecule has 0 radical (unpaired) electrons. The number of hydrogen-bond donors (Lipinski definition) is 1. The number of alkyl halides is 3. The molecule has 0 aromatic carbocycles. The van der Waals surface area contributed by atoms with Gasteiger partial charge in [0.25, 0.3) is 0 Å². The summed E-state index contributed by atoms with van der Waals surface area (Å²) in [5.41, 5.74) is -0.471. The van der Waals surface area contributed by atoms with Crippen LogP contribution >= 0.6 is 12.2 Å². The van der Waals surface area contributed by atoms with Crippen molar-refractivity contribution in [1.29, 1.82) is 0 Å². The highest BCUT2D eigenvalue weighted by Crippen LogP contribution is 2.28. The van der Waals surface area contributed by atoms with Gasteiger partial charge >= 0.3 is 6.18 Å². The average Bonchev–Trinajstić information content (AvgIpc) is 2.28. The van der Waals surface area contributed by atoms with E-state index in [1.165, 1.54) is 12.4 Å². The van der Waals surface area contributed by atoms with Crippen LogP contribution in [0.1, 0.15) is 5.69 Å². The van der Waals surface area contributed by atoms with E-state index in [0.29, 0.717) is 5.56 Å². The fraction of sp³-hybridized carbons (Fsp3) is 0.100. The molecule has 2 aromatic heterocycles. The van der Waals surface area contributed by atoms with Gasteiger partial charge < -0.3 is 4.98 Å². The van der Waals surface area contributed by atoms with Crippen LogP contribution in [0, 0.1) is 4.64 Å². The van der Waals surface area contributed by atoms with Gasteiger partial charge in [-0.05, 0) is 12.1 Å². The lowest BCUT2D eigenvalue weighted by molar-refractivity contribution is -0.141. The lowest BCUT2D eigenvalue weighted by Crippen LogP contribution is -2.09. The highest BCUT2D eigenvalue weighted by atomic mass is 32.1. The molecule has 17 heavy (non-hydrogen) atoms. The second kappa shape index (κ2) is 4.25. The first-order chi connectivity index (χ1) is 7.97. The molecule has 0 saturated heterocycles. The van der Waals surface area contributed by atoms with Gasteiger partial charge in [-0.3, -0.25) is 4.98 Å². The average molecular weight is 257 g/mol. The maximum absolute atomic E-state index is 12.5. The number of hydrogen-bond acceptors (Lipinski definition) is 3. The summed E-state index contributed by atoms with van der Waals surface area (Å²) >= 11 is 4.70. The van der Waals surface area contributed by atoms with E-state index in [-0.39, 0.29) is 10.5 Å². The summed E-state index contributed by atoms with van der Waals surface area (Å²) in [6, 6.07) is 3.99. The van der Waals surface area contributed by atoms with Crippen molar-refractivity contribution >= 4 is 12.2 Å². The molecular weight excluding hydrogens is 251 g/mol. The van der Waals surface area contributed by atoms with Crippen molar-refractivity contribution in [2.45, 2.75) is 6.18 Å². The predicted octanol–water partition coefficient (Wildman–Crippen LogP) is 3.22. The quantitative estimate of drug-likeness (QED) is 0.797. The van der Waals surface area contributed by atoms with Crippen molar-refractivity contribution in [1.82, 2.24) is 15.0 Å². The molecule has 1 N–H and O–H groups in total. The zero-order valence-corrected chi connectivity index (χ0v) is 9.14. The van der Waals surface area contributed by atoms with Crippen LogP contribution in [-0.2, 0) is 6.18 Å². The zero-order chi connectivity index (χ0) is 12.5. The van der Waals surface area contributed by atoms with E-state index in [1.807, 2.05) is 0 Å². The third-order valence-corrected chi connectivity index (χ3v) is 2.19. The van der Waals surface area contributed by atoms with E-state index in [9.17, 15) is 13.2 Å². The van der Waals surface area contributed by atoms with Crippen molar-refractivity contribution in [2.24, 2.45) is 0 Å². The summed E-state index contributed by atoms with van der Waals surface area (Å²) in [7, 11) is 0. The summed E-state index contributed by atoms with van der Waals surface area (Å²) in [6.45, 7) is 0. The van der Waals surface area contributed by atoms with Crippen LogP contribution in [0.2, 0.25) is 0 Å². The normalized spacial score (nSPS) is 11.5. The Hall–Kier alpha value is -1.76. The van der Waals surface area contributed by atoms with E-state index >= 15 is 0 Å². The van der Waals surface area contributed by atoms with E-state index in [4.69, 9.17) is 12.2 Å². The summed E-state index contributed by atoms with van der Waals surface area (Å²) in [5, 5.41) is 0. The van der Waals surface area contributed by atoms with Crippen molar-refractivity contribution in [3.8, 4) is 11.4 Å². The number of aromatic nitrogens is 3. The fourth-order valence-electron chi connectivity index (χ4n) is 1.25. The Kier molecular flexibility index (Phi) is 2.93. The maximum Gasteiger partial charge on any atom is 0.431 e. The fourth-order valence-corrected chi connectivity index (χ4v) is 1.46. The minimum atomic E-state index is -4.48. The van der Waals surface area contributed by atoms with Crippen molar-refractivity contribution in [2.75, 3.05) is 0 Å². The summed E-state index contributed by atoms with van der Waals surface area (Å²) in [5.74, 6) is 0.0536. The molecule has 2 aromatic rings. The maximum atomic E-state index is 12.5. The number of rotatable bonds is 1. The minimum absolute atomic E-state index is 0.0536. The molecule has 0 aliphatic heterocycles. The number of halogens is 3. The van der Waals surface area contributed by atoms with Crippen molar-refractivity contribution in [3.05, 3.63) is 40.9 Å². The van der Waals surface area contributed by atoms with Crippen LogP contribution in [-0.4, -0.2) is 15.0 Å². The smallest absolute Gasteiger partial charge is 0.336 e. The largest absolute Gasteiger partial charge is 0.431 e. The lowest BCUT2D eigenvalue weighted by atomic mass is 10.2. The molecule has 2 heterocycles. The van der Waals surface area contributed by atoms with Gasteiger partial charge in [0.05, 0.1) is 0 Å². The number of H-pyrrole nitrogens is 1. The Morgan fingerprint density at radius 1 is 1.29 bits per heavy atom. The first-order valence-corrected chi connectivity index (χ1v) is 4.96. The Morgan fingerprint density at radius 3 is 2.65 bits per heavy atom. The van der Waals surface area contributed by atoms with Crippen molar-refractivity contribution in [3.63, 3.8) is 0 Å². The standard InChI is InChI=1S/C10H6F3N3S/c11-10(12,13)7-4-8(17)16-9(15-7)6-2-1-3-14-5-6/h1-5H,(H,15,16,17). The molecule has 0 atom stereocenters. The van der Waals surface area contributed by atoms with Crippen LogP contribution in [0.5, 0.6) is 0 Å². The Morgan fingerprint density at radius 2 is 2.06 bits per heavy atom. The molecule has 0 spiro atoms. The summed E-state index contributed by atoms with van der Waals surface area (Å²) < 4.78 is 37.5. The number of nitrogens with one attached hydrogen (secondary N) is 1. The second-order valence-electron chi connectivity index (χ2n) is 3.22. The van der Waals surface area contributed by atoms with Crippen LogP contribution in [0.3, 0.4) is 0 Å². The van der Waals surface area contributed by atoms with E-state index in [2.05, 4.69) is 15.0 Å². The van der Waals surface area contributed by atoms with Gasteiger partial charge in [0, 0.05) is 24.0 Å². The van der Waals surface area contributed by atoms with Gasteiger partial charge in [-0.2, -0.15) is 13.2 Å². The summed E-state index contributed by atoms with van der Waals surface area (Å²) in [4.78, 5) is 9.84. The van der Waals surface area contributed by atoms with Crippen LogP contribution < -0.4 is 0 Å². The van der Waals surface area contributed by atoms with E-state index < -0.39 is 11.9 Å². The highest BCUT2D eigenvalue weighted by molar-refractivity contribution is 7.71. The Balaban J connectivity index is 2.58. The Bertz CT molecular complexity index is 577. The number of nitrogens with zero attached hydrogens (tertiary/aromatic N) is 2. The highest BCUT2D eigenvalue weighted by Gasteiger charge is 2.32. The molecule has 0 unspecified atom stereocenters. The molecule has 0 aliphatic rings. The van der Waals surface area contributed by atoms with E-state index in [1.54, 1.807) is 12.1 Å². The molecule has 0 saturated carbocycles. The zero-order valence-electron chi connectivity index (χ0n) is 8.32. The van der Waals surface area contributed by atoms with Gasteiger partial charge in [0.15, 0.2) is 0 Å². The number of aromatic amines is 1. The van der Waals surface area contributed by atoms with Gasteiger partial charge in [-0.1, -0.05) is 12.2 Å². The first-order valence-electron chi connectivity index (χ1n) is 4.56. The third kappa shape index (κ3) is 2.68. The van der Waals surface area contributed by atoms with Gasteiger partial charge in [0.1, 0.15) is 16.2 Å². The monoisotopic (exact) mass is 257 g/mol. The first kappa shape index (κ1) is 11.7. The third-order valence-electron chi connectivity index (χ3n) is 1.98. The molecule has 3 nitrogen and oxygen atoms in total. The predicted molar refractivity (Wildman–Crippen MR) is 57.7 cm³/mol. The van der Waals surface area contributed by atoms with Gasteiger partial charge in [-0.25, -0.2) is 4.98 Å². The molecule has 7 heteroatoms. The second-order valence-corrected chi connectivity index (χ2v) is 3.64. The molecule has 2 rings (SSSR count). The Labute approximate surface area is 99.4 Å². The molecule has 0 fully saturated rings. The number of pyridine rings is 1. The molecular formula is C10H6F3N3S. The minimum Gasteiger partial charge on any atom is -0.336 e. The van der Waals surface area contributed by atoms with Gasteiger partial charge in [-0.15, -0.1) is 0 Å². The summed E-state index contributed by atoms with van der Waals surface area (Å²) in [6.07, 6.45) is -1.55. The molecule has 0 amide bonds. The lowest BCUT2D eigenvalue weighted by Gasteiger charge is -2.08. The topological polar surface area (TPSA) is 41.6 Å². The van der Waals surface area contributed by atoms with Crippen LogP contribution in [0.25, 0.3) is 11.4 Å².